The monoisotopic (exact) mass is 486 g/mol. The Hall–Kier alpha value is -0.220. The standard InChI is InChI=1S/C17H34N4O2S.HI/c1-6-18-15(19-12-14(22)21-16(3,4)5)20-13-17(24-7-2)8-10-23-11-9-17;/h6-13H2,1-5H3,(H,21,22)(H2,18,19,20);1H. The van der Waals surface area contributed by atoms with E-state index < -0.39 is 0 Å². The SMILES string of the molecule is CCNC(=NCC(=O)NC(C)(C)C)NCC1(SCC)CCOCC1.I. The van der Waals surface area contributed by atoms with Crippen LogP contribution >= 0.6 is 35.7 Å². The predicted octanol–water partition coefficient (Wildman–Crippen LogP) is 2.38. The summed E-state index contributed by atoms with van der Waals surface area (Å²) in [6.07, 6.45) is 2.09. The number of guanidine groups is 1. The molecule has 0 atom stereocenters. The van der Waals surface area contributed by atoms with Crippen LogP contribution < -0.4 is 16.0 Å². The van der Waals surface area contributed by atoms with E-state index >= 15 is 0 Å². The summed E-state index contributed by atoms with van der Waals surface area (Å²) >= 11 is 1.99. The molecule has 1 saturated heterocycles. The lowest BCUT2D eigenvalue weighted by Crippen LogP contribution is -2.48. The van der Waals surface area contributed by atoms with E-state index in [1.54, 1.807) is 0 Å². The van der Waals surface area contributed by atoms with Crippen molar-refractivity contribution in [1.29, 1.82) is 0 Å². The van der Waals surface area contributed by atoms with Crippen LogP contribution in [-0.4, -0.2) is 60.8 Å². The fourth-order valence-electron chi connectivity index (χ4n) is 2.62. The number of hydrogen-bond acceptors (Lipinski definition) is 4. The maximum atomic E-state index is 11.9. The number of carbonyl (C=O) groups is 1. The van der Waals surface area contributed by atoms with Crippen LogP contribution in [0.25, 0.3) is 0 Å². The molecule has 0 aliphatic carbocycles. The second-order valence-corrected chi connectivity index (χ2v) is 8.81. The largest absolute Gasteiger partial charge is 0.381 e. The molecule has 1 aliphatic rings. The Kier molecular flexibility index (Phi) is 12.1. The lowest BCUT2D eigenvalue weighted by atomic mass is 9.99. The maximum Gasteiger partial charge on any atom is 0.242 e. The second kappa shape index (κ2) is 12.2. The molecule has 0 radical (unpaired) electrons. The van der Waals surface area contributed by atoms with Crippen LogP contribution in [0.3, 0.4) is 0 Å². The molecule has 0 aromatic heterocycles. The second-order valence-electron chi connectivity index (χ2n) is 7.08. The summed E-state index contributed by atoms with van der Waals surface area (Å²) in [5.41, 5.74) is -0.234. The Morgan fingerprint density at radius 1 is 1.20 bits per heavy atom. The number of thioether (sulfide) groups is 1. The van der Waals surface area contributed by atoms with E-state index in [4.69, 9.17) is 4.74 Å². The zero-order valence-electron chi connectivity index (χ0n) is 16.2. The molecule has 8 heteroatoms. The number of amides is 1. The zero-order chi connectivity index (χ0) is 18.1. The minimum absolute atomic E-state index is 0. The van der Waals surface area contributed by atoms with Crippen molar-refractivity contribution in [2.24, 2.45) is 4.99 Å². The van der Waals surface area contributed by atoms with Crippen molar-refractivity contribution in [3.8, 4) is 0 Å². The summed E-state index contributed by atoms with van der Waals surface area (Å²) < 4.78 is 5.70. The summed E-state index contributed by atoms with van der Waals surface area (Å²) in [7, 11) is 0. The molecular weight excluding hydrogens is 451 g/mol. The van der Waals surface area contributed by atoms with E-state index in [-0.39, 0.29) is 46.7 Å². The highest BCUT2D eigenvalue weighted by Gasteiger charge is 2.32. The van der Waals surface area contributed by atoms with Crippen molar-refractivity contribution in [3.63, 3.8) is 0 Å². The van der Waals surface area contributed by atoms with Crippen LogP contribution in [0, 0.1) is 0 Å². The lowest BCUT2D eigenvalue weighted by Gasteiger charge is -2.37. The summed E-state index contributed by atoms with van der Waals surface area (Å²) in [6, 6.07) is 0. The van der Waals surface area contributed by atoms with Crippen LogP contribution in [0.5, 0.6) is 0 Å². The predicted molar refractivity (Wildman–Crippen MR) is 118 cm³/mol. The van der Waals surface area contributed by atoms with Gasteiger partial charge < -0.3 is 20.7 Å². The molecule has 1 amide bonds. The van der Waals surface area contributed by atoms with Gasteiger partial charge in [-0.2, -0.15) is 11.8 Å². The number of carbonyl (C=O) groups excluding carboxylic acids is 1. The van der Waals surface area contributed by atoms with E-state index in [1.165, 1.54) is 0 Å². The van der Waals surface area contributed by atoms with Crippen molar-refractivity contribution < 1.29 is 9.53 Å². The van der Waals surface area contributed by atoms with Crippen LogP contribution in [-0.2, 0) is 9.53 Å². The first-order valence-corrected chi connectivity index (χ1v) is 9.84. The molecular formula is C17H35IN4O2S. The van der Waals surface area contributed by atoms with Gasteiger partial charge in [0.25, 0.3) is 0 Å². The zero-order valence-corrected chi connectivity index (χ0v) is 19.4. The van der Waals surface area contributed by atoms with Crippen molar-refractivity contribution in [2.75, 3.05) is 38.6 Å². The Morgan fingerprint density at radius 2 is 1.84 bits per heavy atom. The molecule has 1 fully saturated rings. The first-order chi connectivity index (χ1) is 11.3. The van der Waals surface area contributed by atoms with Crippen molar-refractivity contribution in [3.05, 3.63) is 0 Å². The third kappa shape index (κ3) is 10.5. The minimum Gasteiger partial charge on any atom is -0.381 e. The van der Waals surface area contributed by atoms with Crippen LogP contribution in [0.4, 0.5) is 0 Å². The molecule has 1 heterocycles. The molecule has 0 bridgehead atoms. The normalized spacial score (nSPS) is 17.4. The summed E-state index contributed by atoms with van der Waals surface area (Å²) in [6.45, 7) is 13.5. The molecule has 3 N–H and O–H groups in total. The topological polar surface area (TPSA) is 74.8 Å². The number of ether oxygens (including phenoxy) is 1. The van der Waals surface area contributed by atoms with Gasteiger partial charge in [-0.25, -0.2) is 4.99 Å². The lowest BCUT2D eigenvalue weighted by molar-refractivity contribution is -0.121. The average Bonchev–Trinajstić information content (AvgIpc) is 2.50. The number of nitrogens with zero attached hydrogens (tertiary/aromatic N) is 1. The highest BCUT2D eigenvalue weighted by Crippen LogP contribution is 2.34. The highest BCUT2D eigenvalue weighted by atomic mass is 127. The minimum atomic E-state index is -0.234. The van der Waals surface area contributed by atoms with E-state index in [0.29, 0.717) is 5.96 Å². The molecule has 6 nitrogen and oxygen atoms in total. The Morgan fingerprint density at radius 3 is 2.36 bits per heavy atom. The van der Waals surface area contributed by atoms with Crippen molar-refractivity contribution in [2.45, 2.75) is 57.7 Å². The molecule has 148 valence electrons. The maximum absolute atomic E-state index is 11.9. The van der Waals surface area contributed by atoms with Gasteiger partial charge >= 0.3 is 0 Å². The van der Waals surface area contributed by atoms with Gasteiger partial charge in [-0.05, 0) is 46.3 Å². The van der Waals surface area contributed by atoms with Gasteiger partial charge in [0.15, 0.2) is 5.96 Å². The fraction of sp³-hybridized carbons (Fsp3) is 0.882. The third-order valence-corrected chi connectivity index (χ3v) is 5.13. The molecule has 1 aliphatic heterocycles. The number of rotatable bonds is 7. The molecule has 25 heavy (non-hydrogen) atoms. The van der Waals surface area contributed by atoms with Crippen LogP contribution in [0.15, 0.2) is 4.99 Å². The molecule has 0 aromatic rings. The van der Waals surface area contributed by atoms with Crippen LogP contribution in [0.2, 0.25) is 0 Å². The van der Waals surface area contributed by atoms with Gasteiger partial charge in [0.1, 0.15) is 6.54 Å². The first-order valence-electron chi connectivity index (χ1n) is 8.85. The summed E-state index contributed by atoms with van der Waals surface area (Å²) in [5.74, 6) is 1.72. The van der Waals surface area contributed by atoms with Gasteiger partial charge in [0, 0.05) is 36.6 Å². The quantitative estimate of drug-likeness (QED) is 0.293. The first kappa shape index (κ1) is 24.8. The van der Waals surface area contributed by atoms with Gasteiger partial charge in [-0.1, -0.05) is 6.92 Å². The summed E-state index contributed by atoms with van der Waals surface area (Å²) in [5, 5.41) is 9.56. The van der Waals surface area contributed by atoms with E-state index in [2.05, 4.69) is 27.9 Å². The number of aliphatic imine (C=N–C) groups is 1. The average molecular weight is 486 g/mol. The van der Waals surface area contributed by atoms with E-state index in [9.17, 15) is 4.79 Å². The number of halogens is 1. The van der Waals surface area contributed by atoms with Crippen molar-refractivity contribution >= 4 is 47.6 Å². The Labute approximate surface area is 174 Å². The van der Waals surface area contributed by atoms with Gasteiger partial charge in [-0.15, -0.1) is 24.0 Å². The third-order valence-electron chi connectivity index (χ3n) is 3.67. The van der Waals surface area contributed by atoms with Gasteiger partial charge in [-0.3, -0.25) is 4.79 Å². The van der Waals surface area contributed by atoms with Gasteiger partial charge in [0.05, 0.1) is 0 Å². The van der Waals surface area contributed by atoms with E-state index in [1.807, 2.05) is 39.5 Å². The fourth-order valence-corrected chi connectivity index (χ4v) is 3.86. The molecule has 0 aromatic carbocycles. The number of nitrogens with one attached hydrogen (secondary N) is 3. The van der Waals surface area contributed by atoms with E-state index in [0.717, 1.165) is 44.9 Å². The van der Waals surface area contributed by atoms with Crippen LogP contribution in [0.1, 0.15) is 47.5 Å². The smallest absolute Gasteiger partial charge is 0.242 e. The number of hydrogen-bond donors (Lipinski definition) is 3. The molecule has 0 spiro atoms. The Balaban J connectivity index is 0.00000576. The molecule has 1 rings (SSSR count). The van der Waals surface area contributed by atoms with Gasteiger partial charge in [0.2, 0.25) is 5.91 Å². The van der Waals surface area contributed by atoms with Crippen molar-refractivity contribution in [1.82, 2.24) is 16.0 Å². The molecule has 0 saturated carbocycles. The summed E-state index contributed by atoms with van der Waals surface area (Å²) in [4.78, 5) is 16.4. The molecule has 0 unspecified atom stereocenters. The highest BCUT2D eigenvalue weighted by molar-refractivity contribution is 14.0. The Bertz CT molecular complexity index is 416.